The van der Waals surface area contributed by atoms with Crippen molar-refractivity contribution in [3.8, 4) is 33.6 Å². The third-order valence-electron chi connectivity index (χ3n) is 13.9. The molecule has 10 aromatic rings. The van der Waals surface area contributed by atoms with Crippen LogP contribution in [0.4, 0.5) is 0 Å². The Labute approximate surface area is 312 Å². The van der Waals surface area contributed by atoms with E-state index in [1.807, 2.05) is 0 Å². The van der Waals surface area contributed by atoms with Gasteiger partial charge in [-0.05, 0) is 105 Å². The second-order valence-corrected chi connectivity index (χ2v) is 16.0. The second-order valence-electron chi connectivity index (χ2n) is 16.0. The van der Waals surface area contributed by atoms with Gasteiger partial charge in [-0.25, -0.2) is 0 Å². The predicted octanol–water partition coefficient (Wildman–Crippen LogP) is 12.6. The fourth-order valence-corrected chi connectivity index (χ4v) is 12.0. The van der Waals surface area contributed by atoms with Gasteiger partial charge in [0.1, 0.15) is 0 Å². The molecule has 5 aliphatic rings. The van der Waals surface area contributed by atoms with E-state index in [-0.39, 0.29) is 10.8 Å². The lowest BCUT2D eigenvalue weighted by atomic mass is 9.44. The molecule has 4 heterocycles. The SMILES string of the molecule is c1ccc(-c2ccc3c(c2)c2cccc4c2n3-c2cccc3c2C42CCC34c3c(cccc32)-n2c3ccc(-c5ccccc5)cc3c3cccc4c32)cc1. The van der Waals surface area contributed by atoms with Crippen molar-refractivity contribution >= 4 is 43.6 Å². The summed E-state index contributed by atoms with van der Waals surface area (Å²) in [6.45, 7) is 0. The first-order chi connectivity index (χ1) is 26.8. The van der Waals surface area contributed by atoms with Gasteiger partial charge < -0.3 is 9.13 Å². The third kappa shape index (κ3) is 2.94. The Morgan fingerprint density at radius 3 is 1.22 bits per heavy atom. The molecule has 2 atom stereocenters. The van der Waals surface area contributed by atoms with Gasteiger partial charge in [0.15, 0.2) is 0 Å². The van der Waals surface area contributed by atoms with Gasteiger partial charge in [0.05, 0.1) is 44.3 Å². The summed E-state index contributed by atoms with van der Waals surface area (Å²) in [7, 11) is 0. The molecule has 0 amide bonds. The first-order valence-electron chi connectivity index (χ1n) is 19.3. The largest absolute Gasteiger partial charge is 0.309 e. The summed E-state index contributed by atoms with van der Waals surface area (Å²) >= 11 is 0. The molecule has 2 spiro atoms. The molecule has 8 aromatic carbocycles. The monoisotopic (exact) mass is 684 g/mol. The average molecular weight is 685 g/mol. The molecule has 0 saturated carbocycles. The number of rotatable bonds is 2. The van der Waals surface area contributed by atoms with E-state index < -0.39 is 0 Å². The smallest absolute Gasteiger partial charge is 0.0585 e. The highest BCUT2D eigenvalue weighted by Gasteiger charge is 2.62. The van der Waals surface area contributed by atoms with Crippen LogP contribution in [-0.4, -0.2) is 9.13 Å². The molecule has 250 valence electrons. The van der Waals surface area contributed by atoms with Gasteiger partial charge in [0.2, 0.25) is 0 Å². The molecule has 0 radical (unpaired) electrons. The molecule has 54 heavy (non-hydrogen) atoms. The minimum Gasteiger partial charge on any atom is -0.309 e. The van der Waals surface area contributed by atoms with Crippen molar-refractivity contribution in [2.24, 2.45) is 0 Å². The van der Waals surface area contributed by atoms with Crippen molar-refractivity contribution in [2.75, 3.05) is 0 Å². The zero-order valence-electron chi connectivity index (χ0n) is 29.5. The molecule has 2 aromatic heterocycles. The molecular weight excluding hydrogens is 653 g/mol. The van der Waals surface area contributed by atoms with Gasteiger partial charge in [-0.2, -0.15) is 0 Å². The molecule has 2 aliphatic heterocycles. The van der Waals surface area contributed by atoms with Crippen molar-refractivity contribution in [1.82, 2.24) is 9.13 Å². The van der Waals surface area contributed by atoms with Crippen molar-refractivity contribution in [3.63, 3.8) is 0 Å². The standard InChI is InChI=1S/C52H32N2/c1-3-11-31(12-4-1)33-23-25-43-37(29-33)35-15-7-19-41-49(35)53(43)45-21-9-17-39-47(45)51(41)27-28-52(39)42-20-8-16-36-38-30-34(32-13-5-2-6-14-32)24-26-44(38)54(50(36)42)46-22-10-18-40(51)48(46)52/h1-26,29-30H,27-28H2. The van der Waals surface area contributed by atoms with Crippen molar-refractivity contribution in [2.45, 2.75) is 23.7 Å². The highest BCUT2D eigenvalue weighted by atomic mass is 15.0. The maximum Gasteiger partial charge on any atom is 0.0585 e. The van der Waals surface area contributed by atoms with Crippen LogP contribution in [0.2, 0.25) is 0 Å². The fraction of sp³-hybridized carbons (Fsp3) is 0.0769. The molecule has 2 unspecified atom stereocenters. The molecule has 0 fully saturated rings. The van der Waals surface area contributed by atoms with Crippen LogP contribution in [0.1, 0.15) is 46.2 Å². The van der Waals surface area contributed by atoms with Gasteiger partial charge in [0.25, 0.3) is 0 Å². The summed E-state index contributed by atoms with van der Waals surface area (Å²) in [5.74, 6) is 0. The summed E-state index contributed by atoms with van der Waals surface area (Å²) in [6, 6.07) is 64.6. The second kappa shape index (κ2) is 9.28. The van der Waals surface area contributed by atoms with E-state index in [1.54, 1.807) is 0 Å². The Bertz CT molecular complexity index is 3100. The predicted molar refractivity (Wildman–Crippen MR) is 221 cm³/mol. The maximum atomic E-state index is 2.62. The lowest BCUT2D eigenvalue weighted by Crippen LogP contribution is -2.53. The van der Waals surface area contributed by atoms with E-state index in [2.05, 4.69) is 179 Å². The van der Waals surface area contributed by atoms with Gasteiger partial charge in [0, 0.05) is 21.5 Å². The van der Waals surface area contributed by atoms with Crippen LogP contribution in [0, 0.1) is 0 Å². The zero-order valence-corrected chi connectivity index (χ0v) is 29.5. The Hall–Kier alpha value is -6.64. The number of hydrogen-bond acceptors (Lipinski definition) is 0. The number of para-hydroxylation sites is 2. The normalized spacial score (nSPS) is 19.5. The van der Waals surface area contributed by atoms with E-state index in [9.17, 15) is 0 Å². The Kier molecular flexibility index (Phi) is 4.80. The molecule has 0 saturated heterocycles. The number of hydrogen-bond donors (Lipinski definition) is 0. The number of nitrogens with zero attached hydrogens (tertiary/aromatic N) is 2. The Morgan fingerprint density at radius 1 is 0.333 bits per heavy atom. The maximum absolute atomic E-state index is 2.62. The van der Waals surface area contributed by atoms with E-state index in [4.69, 9.17) is 0 Å². The summed E-state index contributed by atoms with van der Waals surface area (Å²) in [6.07, 6.45) is 2.16. The minimum atomic E-state index is -0.236. The Balaban J connectivity index is 1.12. The van der Waals surface area contributed by atoms with Crippen LogP contribution in [0.15, 0.2) is 170 Å². The lowest BCUT2D eigenvalue weighted by Gasteiger charge is -2.59. The first kappa shape index (κ1) is 27.9. The highest BCUT2D eigenvalue weighted by Crippen LogP contribution is 2.70. The molecule has 3 aliphatic carbocycles. The third-order valence-corrected chi connectivity index (χ3v) is 13.9. The topological polar surface area (TPSA) is 9.86 Å². The number of benzene rings is 8. The molecule has 2 bridgehead atoms. The molecule has 2 heteroatoms. The van der Waals surface area contributed by atoms with E-state index in [0.717, 1.165) is 12.8 Å². The summed E-state index contributed by atoms with van der Waals surface area (Å²) in [5, 5.41) is 5.34. The minimum absolute atomic E-state index is 0.236. The van der Waals surface area contributed by atoms with Gasteiger partial charge in [-0.1, -0.05) is 133 Å². The van der Waals surface area contributed by atoms with Crippen LogP contribution < -0.4 is 0 Å². The number of fused-ring (bicyclic) bond motifs is 9. The quantitative estimate of drug-likeness (QED) is 0.172. The summed E-state index contributed by atoms with van der Waals surface area (Å²) in [4.78, 5) is 0. The molecule has 15 rings (SSSR count). The summed E-state index contributed by atoms with van der Waals surface area (Å²) in [5.41, 5.74) is 21.5. The zero-order chi connectivity index (χ0) is 34.9. The van der Waals surface area contributed by atoms with E-state index in [0.29, 0.717) is 0 Å². The van der Waals surface area contributed by atoms with Gasteiger partial charge in [-0.3, -0.25) is 0 Å². The van der Waals surface area contributed by atoms with Crippen molar-refractivity contribution in [1.29, 1.82) is 0 Å². The van der Waals surface area contributed by atoms with Crippen LogP contribution in [-0.2, 0) is 10.8 Å². The van der Waals surface area contributed by atoms with Crippen LogP contribution in [0.5, 0.6) is 0 Å². The number of aromatic nitrogens is 2. The van der Waals surface area contributed by atoms with Crippen LogP contribution in [0.3, 0.4) is 0 Å². The first-order valence-corrected chi connectivity index (χ1v) is 19.3. The average Bonchev–Trinajstić information content (AvgIpc) is 3.76. The molecular formula is C52H32N2. The lowest BCUT2D eigenvalue weighted by molar-refractivity contribution is 0.360. The molecule has 0 N–H and O–H groups in total. The van der Waals surface area contributed by atoms with Crippen molar-refractivity contribution in [3.05, 3.63) is 203 Å². The van der Waals surface area contributed by atoms with Crippen LogP contribution >= 0.6 is 0 Å². The highest BCUT2D eigenvalue weighted by molar-refractivity contribution is 6.15. The fourth-order valence-electron chi connectivity index (χ4n) is 12.0. The van der Waals surface area contributed by atoms with E-state index in [1.165, 1.54) is 111 Å². The Morgan fingerprint density at radius 2 is 0.759 bits per heavy atom. The summed E-state index contributed by atoms with van der Waals surface area (Å²) < 4.78 is 5.23. The van der Waals surface area contributed by atoms with Crippen molar-refractivity contribution < 1.29 is 0 Å². The van der Waals surface area contributed by atoms with Crippen LogP contribution in [0.25, 0.3) is 77.2 Å². The van der Waals surface area contributed by atoms with Gasteiger partial charge in [-0.15, -0.1) is 0 Å². The molecule has 2 nitrogen and oxygen atoms in total. The van der Waals surface area contributed by atoms with Gasteiger partial charge >= 0.3 is 0 Å². The van der Waals surface area contributed by atoms with E-state index >= 15 is 0 Å².